The van der Waals surface area contributed by atoms with Crippen molar-refractivity contribution in [3.8, 4) is 0 Å². The van der Waals surface area contributed by atoms with Crippen LogP contribution in [0.1, 0.15) is 79.1 Å². The van der Waals surface area contributed by atoms with Gasteiger partial charge in [-0.15, -0.1) is 0 Å². The van der Waals surface area contributed by atoms with Crippen LogP contribution in [0.4, 0.5) is 0 Å². The highest BCUT2D eigenvalue weighted by Crippen LogP contribution is 2.26. The molecule has 162 valence electrons. The molecule has 0 aromatic heterocycles. The molecular formula is C27H43NO. The number of nitrogens with two attached hydrogens (primary N) is 1. The second-order valence-electron chi connectivity index (χ2n) is 8.51. The number of amides is 1. The summed E-state index contributed by atoms with van der Waals surface area (Å²) in [6.07, 6.45) is 33.7. The Kier molecular flexibility index (Phi) is 16.7. The molecule has 0 rings (SSSR count). The molecule has 0 aromatic carbocycles. The fraction of sp³-hybridized carbons (Fsp3) is 0.519. The predicted molar refractivity (Wildman–Crippen MR) is 130 cm³/mol. The van der Waals surface area contributed by atoms with E-state index in [4.69, 9.17) is 5.73 Å². The Balaban J connectivity index is 3.84. The molecule has 0 bridgehead atoms. The Morgan fingerprint density at radius 1 is 0.690 bits per heavy atom. The SMILES string of the molecule is CCC=CCC=CCC=CCC=CCC=CCC=CCC(CC(C)(C)C)C(N)=O. The molecule has 0 aliphatic rings. The van der Waals surface area contributed by atoms with Crippen LogP contribution in [0.2, 0.25) is 0 Å². The fourth-order valence-electron chi connectivity index (χ4n) is 2.82. The molecule has 0 fully saturated rings. The maximum atomic E-state index is 11.5. The summed E-state index contributed by atoms with van der Waals surface area (Å²) in [6.45, 7) is 8.58. The first kappa shape index (κ1) is 26.9. The number of hydrogen-bond donors (Lipinski definition) is 1. The van der Waals surface area contributed by atoms with Crippen LogP contribution >= 0.6 is 0 Å². The first-order valence-corrected chi connectivity index (χ1v) is 11.1. The summed E-state index contributed by atoms with van der Waals surface area (Å²) in [5, 5.41) is 0. The van der Waals surface area contributed by atoms with E-state index in [9.17, 15) is 4.79 Å². The van der Waals surface area contributed by atoms with E-state index < -0.39 is 0 Å². The molecule has 0 heterocycles. The maximum Gasteiger partial charge on any atom is 0.220 e. The van der Waals surface area contributed by atoms with Gasteiger partial charge in [0.2, 0.25) is 5.91 Å². The van der Waals surface area contributed by atoms with E-state index in [0.717, 1.165) is 51.4 Å². The van der Waals surface area contributed by atoms with E-state index in [0.29, 0.717) is 0 Å². The van der Waals surface area contributed by atoms with Crippen LogP contribution in [0.3, 0.4) is 0 Å². The van der Waals surface area contributed by atoms with Crippen molar-refractivity contribution in [1.82, 2.24) is 0 Å². The Morgan fingerprint density at radius 3 is 1.34 bits per heavy atom. The van der Waals surface area contributed by atoms with Crippen molar-refractivity contribution in [1.29, 1.82) is 0 Å². The van der Waals surface area contributed by atoms with Crippen molar-refractivity contribution in [2.45, 2.75) is 79.1 Å². The van der Waals surface area contributed by atoms with E-state index in [1.54, 1.807) is 0 Å². The number of primary amides is 1. The monoisotopic (exact) mass is 397 g/mol. The molecule has 0 saturated carbocycles. The van der Waals surface area contributed by atoms with Crippen molar-refractivity contribution in [3.05, 3.63) is 72.9 Å². The zero-order valence-electron chi connectivity index (χ0n) is 19.1. The Morgan fingerprint density at radius 2 is 1.03 bits per heavy atom. The quantitative estimate of drug-likeness (QED) is 0.284. The van der Waals surface area contributed by atoms with Gasteiger partial charge in [-0.25, -0.2) is 0 Å². The van der Waals surface area contributed by atoms with Crippen LogP contribution in [-0.4, -0.2) is 5.91 Å². The molecule has 0 spiro atoms. The number of carbonyl (C=O) groups excluding carboxylic acids is 1. The van der Waals surface area contributed by atoms with Gasteiger partial charge in [0.25, 0.3) is 0 Å². The molecule has 0 saturated heterocycles. The topological polar surface area (TPSA) is 43.1 Å². The van der Waals surface area contributed by atoms with E-state index in [1.165, 1.54) is 0 Å². The van der Waals surface area contributed by atoms with Crippen LogP contribution < -0.4 is 5.73 Å². The summed E-state index contributed by atoms with van der Waals surface area (Å²) in [7, 11) is 0. The van der Waals surface area contributed by atoms with Gasteiger partial charge in [-0.2, -0.15) is 0 Å². The molecule has 0 aliphatic carbocycles. The zero-order chi connectivity index (χ0) is 21.8. The van der Waals surface area contributed by atoms with Gasteiger partial charge in [0.1, 0.15) is 0 Å². The summed E-state index contributed by atoms with van der Waals surface area (Å²) in [4.78, 5) is 11.5. The number of rotatable bonds is 15. The average molecular weight is 398 g/mol. The summed E-state index contributed by atoms with van der Waals surface area (Å²) in [5.41, 5.74) is 5.64. The van der Waals surface area contributed by atoms with E-state index in [-0.39, 0.29) is 17.2 Å². The molecule has 29 heavy (non-hydrogen) atoms. The molecule has 2 N–H and O–H groups in total. The van der Waals surface area contributed by atoms with Crippen LogP contribution in [0.25, 0.3) is 0 Å². The van der Waals surface area contributed by atoms with Gasteiger partial charge in [-0.1, -0.05) is 101 Å². The van der Waals surface area contributed by atoms with Gasteiger partial charge >= 0.3 is 0 Å². The highest BCUT2D eigenvalue weighted by atomic mass is 16.1. The zero-order valence-corrected chi connectivity index (χ0v) is 19.1. The largest absolute Gasteiger partial charge is 0.369 e. The fourth-order valence-corrected chi connectivity index (χ4v) is 2.82. The Hall–Kier alpha value is -2.09. The highest BCUT2D eigenvalue weighted by Gasteiger charge is 2.21. The molecule has 0 radical (unpaired) electrons. The molecule has 0 aromatic rings. The third-order valence-corrected chi connectivity index (χ3v) is 4.28. The van der Waals surface area contributed by atoms with E-state index in [1.807, 2.05) is 0 Å². The third kappa shape index (κ3) is 20.5. The predicted octanol–water partition coefficient (Wildman–Crippen LogP) is 7.61. The first-order valence-electron chi connectivity index (χ1n) is 11.1. The Labute approximate surface area is 180 Å². The summed E-state index contributed by atoms with van der Waals surface area (Å²) >= 11 is 0. The number of allylic oxidation sites excluding steroid dienone is 12. The van der Waals surface area contributed by atoms with Crippen molar-refractivity contribution >= 4 is 5.91 Å². The van der Waals surface area contributed by atoms with Gasteiger partial charge in [0.15, 0.2) is 0 Å². The van der Waals surface area contributed by atoms with Crippen LogP contribution in [-0.2, 0) is 4.79 Å². The normalized spacial score (nSPS) is 14.6. The van der Waals surface area contributed by atoms with Gasteiger partial charge < -0.3 is 5.73 Å². The highest BCUT2D eigenvalue weighted by molar-refractivity contribution is 5.76. The number of hydrogen-bond acceptors (Lipinski definition) is 1. The molecular weight excluding hydrogens is 354 g/mol. The third-order valence-electron chi connectivity index (χ3n) is 4.28. The van der Waals surface area contributed by atoms with Crippen LogP contribution in [0.5, 0.6) is 0 Å². The van der Waals surface area contributed by atoms with Crippen molar-refractivity contribution < 1.29 is 4.79 Å². The van der Waals surface area contributed by atoms with Crippen molar-refractivity contribution in [2.24, 2.45) is 17.1 Å². The second-order valence-corrected chi connectivity index (χ2v) is 8.51. The lowest BCUT2D eigenvalue weighted by atomic mass is 9.83. The average Bonchev–Trinajstić information content (AvgIpc) is 2.65. The number of carbonyl (C=O) groups is 1. The summed E-state index contributed by atoms with van der Waals surface area (Å²) in [5.74, 6) is -0.265. The smallest absolute Gasteiger partial charge is 0.220 e. The molecule has 1 unspecified atom stereocenters. The minimum Gasteiger partial charge on any atom is -0.369 e. The molecule has 2 heteroatoms. The first-order chi connectivity index (χ1) is 13.9. The lowest BCUT2D eigenvalue weighted by molar-refractivity contribution is -0.122. The second kappa shape index (κ2) is 18.0. The lowest BCUT2D eigenvalue weighted by Crippen LogP contribution is -2.26. The minimum absolute atomic E-state index is 0.0698. The van der Waals surface area contributed by atoms with Gasteiger partial charge in [0, 0.05) is 5.92 Å². The van der Waals surface area contributed by atoms with Crippen molar-refractivity contribution in [2.75, 3.05) is 0 Å². The van der Waals surface area contributed by atoms with E-state index >= 15 is 0 Å². The van der Waals surface area contributed by atoms with Gasteiger partial charge in [-0.3, -0.25) is 4.79 Å². The molecule has 0 aliphatic heterocycles. The summed E-state index contributed by atoms with van der Waals surface area (Å²) < 4.78 is 0. The van der Waals surface area contributed by atoms with E-state index in [2.05, 4.69) is 101 Å². The molecule has 1 amide bonds. The maximum absolute atomic E-state index is 11.5. The van der Waals surface area contributed by atoms with Crippen LogP contribution in [0, 0.1) is 11.3 Å². The molecule has 1 atom stereocenters. The van der Waals surface area contributed by atoms with Crippen LogP contribution in [0.15, 0.2) is 72.9 Å². The van der Waals surface area contributed by atoms with Crippen molar-refractivity contribution in [3.63, 3.8) is 0 Å². The lowest BCUT2D eigenvalue weighted by Gasteiger charge is -2.22. The molecule has 2 nitrogen and oxygen atoms in total. The summed E-state index contributed by atoms with van der Waals surface area (Å²) in [6, 6.07) is 0. The Bertz CT molecular complexity index is 582. The van der Waals surface area contributed by atoms with Gasteiger partial charge in [0.05, 0.1) is 0 Å². The minimum atomic E-state index is -0.195. The van der Waals surface area contributed by atoms with Gasteiger partial charge in [-0.05, 0) is 56.8 Å². The standard InChI is InChI=1S/C27H43NO/c1-5-6-7-8-9-10-11-12-13-14-15-16-17-18-19-20-21-22-23-25(26(28)29)24-27(2,3)4/h6-7,9-10,12-13,15-16,18-19,21-22,25H,5,8,11,14,17,20,23-24H2,1-4H3,(H2,28,29).